The molecule has 0 unspecified atom stereocenters. The molecule has 20 heavy (non-hydrogen) atoms. The quantitative estimate of drug-likeness (QED) is 0.827. The standard InChI is InChI=1S/C17H21NO2/c1-11(2)15-9-16(18)12(3)8-17(15)20-10-13-4-6-14(19)7-5-13/h4-9,11,19H,10,18H2,1-3H3. The maximum atomic E-state index is 9.27. The number of nitrogens with two attached hydrogens (primary N) is 1. The minimum Gasteiger partial charge on any atom is -0.508 e. The molecule has 0 atom stereocenters. The van der Waals surface area contributed by atoms with Gasteiger partial charge in [-0.3, -0.25) is 0 Å². The van der Waals surface area contributed by atoms with E-state index >= 15 is 0 Å². The molecule has 0 saturated heterocycles. The summed E-state index contributed by atoms with van der Waals surface area (Å²) in [6.45, 7) is 6.70. The molecule has 0 fully saturated rings. The molecule has 0 amide bonds. The second-order valence-corrected chi connectivity index (χ2v) is 5.36. The molecule has 0 saturated carbocycles. The highest BCUT2D eigenvalue weighted by Crippen LogP contribution is 2.31. The van der Waals surface area contributed by atoms with E-state index in [1.807, 2.05) is 31.2 Å². The molecule has 2 aromatic rings. The van der Waals surface area contributed by atoms with Crippen LogP contribution in [-0.2, 0) is 6.61 Å². The van der Waals surface area contributed by atoms with Crippen LogP contribution in [0.15, 0.2) is 36.4 Å². The molecule has 0 heterocycles. The Morgan fingerprint density at radius 1 is 1.15 bits per heavy atom. The second kappa shape index (κ2) is 5.87. The van der Waals surface area contributed by atoms with Crippen molar-refractivity contribution < 1.29 is 9.84 Å². The first kappa shape index (κ1) is 14.3. The van der Waals surface area contributed by atoms with E-state index in [0.717, 1.165) is 28.1 Å². The number of aromatic hydroxyl groups is 1. The van der Waals surface area contributed by atoms with Crippen LogP contribution in [0.5, 0.6) is 11.5 Å². The topological polar surface area (TPSA) is 55.5 Å². The third-order valence-corrected chi connectivity index (χ3v) is 3.35. The molecular weight excluding hydrogens is 250 g/mol. The lowest BCUT2D eigenvalue weighted by Crippen LogP contribution is -2.02. The van der Waals surface area contributed by atoms with Gasteiger partial charge in [0, 0.05) is 5.69 Å². The smallest absolute Gasteiger partial charge is 0.123 e. The monoisotopic (exact) mass is 271 g/mol. The Morgan fingerprint density at radius 3 is 2.40 bits per heavy atom. The maximum absolute atomic E-state index is 9.27. The van der Waals surface area contributed by atoms with E-state index in [4.69, 9.17) is 10.5 Å². The minimum atomic E-state index is 0.264. The first-order chi connectivity index (χ1) is 9.47. The molecule has 3 N–H and O–H groups in total. The van der Waals surface area contributed by atoms with Crippen LogP contribution in [0.2, 0.25) is 0 Å². The van der Waals surface area contributed by atoms with Crippen LogP contribution in [0.25, 0.3) is 0 Å². The van der Waals surface area contributed by atoms with Gasteiger partial charge in [0.05, 0.1) is 0 Å². The highest BCUT2D eigenvalue weighted by atomic mass is 16.5. The highest BCUT2D eigenvalue weighted by Gasteiger charge is 2.10. The van der Waals surface area contributed by atoms with Crippen LogP contribution < -0.4 is 10.5 Å². The van der Waals surface area contributed by atoms with Gasteiger partial charge in [-0.05, 0) is 53.8 Å². The predicted octanol–water partition coefficient (Wildman–Crippen LogP) is 3.99. The first-order valence-electron chi connectivity index (χ1n) is 6.78. The van der Waals surface area contributed by atoms with Crippen LogP contribution in [0.3, 0.4) is 0 Å². The molecule has 0 bridgehead atoms. The normalized spacial score (nSPS) is 10.8. The van der Waals surface area contributed by atoms with Gasteiger partial charge in [0.25, 0.3) is 0 Å². The molecule has 0 aromatic heterocycles. The van der Waals surface area contributed by atoms with E-state index in [9.17, 15) is 5.11 Å². The fraction of sp³-hybridized carbons (Fsp3) is 0.294. The van der Waals surface area contributed by atoms with Crippen molar-refractivity contribution in [1.82, 2.24) is 0 Å². The molecular formula is C17H21NO2. The average Bonchev–Trinajstić information content (AvgIpc) is 2.41. The lowest BCUT2D eigenvalue weighted by atomic mass is 9.99. The van der Waals surface area contributed by atoms with Gasteiger partial charge in [0.2, 0.25) is 0 Å². The number of phenols is 1. The van der Waals surface area contributed by atoms with Crippen LogP contribution in [0, 0.1) is 6.92 Å². The summed E-state index contributed by atoms with van der Waals surface area (Å²) in [5.74, 6) is 1.49. The van der Waals surface area contributed by atoms with Crippen molar-refractivity contribution in [2.75, 3.05) is 5.73 Å². The Labute approximate surface area is 120 Å². The number of aryl methyl sites for hydroxylation is 1. The number of rotatable bonds is 4. The number of hydrogen-bond donors (Lipinski definition) is 2. The Kier molecular flexibility index (Phi) is 4.18. The predicted molar refractivity (Wildman–Crippen MR) is 82.1 cm³/mol. The summed E-state index contributed by atoms with van der Waals surface area (Å²) >= 11 is 0. The van der Waals surface area contributed by atoms with Crippen molar-refractivity contribution in [2.24, 2.45) is 0 Å². The summed E-state index contributed by atoms with van der Waals surface area (Å²) in [6.07, 6.45) is 0. The van der Waals surface area contributed by atoms with E-state index in [1.165, 1.54) is 0 Å². The molecule has 0 spiro atoms. The van der Waals surface area contributed by atoms with Gasteiger partial charge in [-0.15, -0.1) is 0 Å². The Morgan fingerprint density at radius 2 is 1.80 bits per heavy atom. The van der Waals surface area contributed by atoms with Crippen LogP contribution in [0.1, 0.15) is 36.5 Å². The average molecular weight is 271 g/mol. The zero-order valence-corrected chi connectivity index (χ0v) is 12.2. The molecule has 0 aliphatic carbocycles. The summed E-state index contributed by atoms with van der Waals surface area (Å²) in [5.41, 5.74) is 9.93. The number of benzene rings is 2. The van der Waals surface area contributed by atoms with Crippen molar-refractivity contribution in [3.63, 3.8) is 0 Å². The van der Waals surface area contributed by atoms with Gasteiger partial charge in [-0.2, -0.15) is 0 Å². The Hall–Kier alpha value is -2.16. The third kappa shape index (κ3) is 3.23. The van der Waals surface area contributed by atoms with Gasteiger partial charge in [0.1, 0.15) is 18.1 Å². The van der Waals surface area contributed by atoms with Gasteiger partial charge in [0.15, 0.2) is 0 Å². The lowest BCUT2D eigenvalue weighted by molar-refractivity contribution is 0.301. The van der Waals surface area contributed by atoms with Crippen LogP contribution in [0.4, 0.5) is 5.69 Å². The summed E-state index contributed by atoms with van der Waals surface area (Å²) in [7, 11) is 0. The van der Waals surface area contributed by atoms with Crippen molar-refractivity contribution in [3.8, 4) is 11.5 Å². The minimum absolute atomic E-state index is 0.264. The lowest BCUT2D eigenvalue weighted by Gasteiger charge is -2.16. The second-order valence-electron chi connectivity index (χ2n) is 5.36. The third-order valence-electron chi connectivity index (χ3n) is 3.35. The van der Waals surface area contributed by atoms with Crippen molar-refractivity contribution >= 4 is 5.69 Å². The number of hydrogen-bond acceptors (Lipinski definition) is 3. The number of anilines is 1. The van der Waals surface area contributed by atoms with Gasteiger partial charge in [-0.1, -0.05) is 26.0 Å². The molecule has 106 valence electrons. The molecule has 0 radical (unpaired) electrons. The largest absolute Gasteiger partial charge is 0.508 e. The maximum Gasteiger partial charge on any atom is 0.123 e. The van der Waals surface area contributed by atoms with E-state index in [2.05, 4.69) is 13.8 Å². The molecule has 3 heteroatoms. The highest BCUT2D eigenvalue weighted by molar-refractivity contribution is 5.55. The number of nitrogen functional groups attached to an aromatic ring is 1. The van der Waals surface area contributed by atoms with E-state index in [-0.39, 0.29) is 5.75 Å². The summed E-state index contributed by atoms with van der Waals surface area (Å²) < 4.78 is 5.92. The van der Waals surface area contributed by atoms with E-state index in [1.54, 1.807) is 12.1 Å². The zero-order valence-electron chi connectivity index (χ0n) is 12.2. The fourth-order valence-electron chi connectivity index (χ4n) is 2.05. The van der Waals surface area contributed by atoms with Crippen LogP contribution >= 0.6 is 0 Å². The van der Waals surface area contributed by atoms with Crippen molar-refractivity contribution in [1.29, 1.82) is 0 Å². The summed E-state index contributed by atoms with van der Waals surface area (Å²) in [6, 6.07) is 11.0. The first-order valence-corrected chi connectivity index (χ1v) is 6.78. The fourth-order valence-corrected chi connectivity index (χ4v) is 2.05. The molecule has 2 rings (SSSR count). The Bertz CT molecular complexity index is 589. The SMILES string of the molecule is Cc1cc(OCc2ccc(O)cc2)c(C(C)C)cc1N. The van der Waals surface area contributed by atoms with Gasteiger partial charge >= 0.3 is 0 Å². The summed E-state index contributed by atoms with van der Waals surface area (Å²) in [4.78, 5) is 0. The molecule has 0 aliphatic heterocycles. The van der Waals surface area contributed by atoms with Gasteiger partial charge < -0.3 is 15.6 Å². The van der Waals surface area contributed by atoms with Crippen molar-refractivity contribution in [3.05, 3.63) is 53.1 Å². The molecule has 0 aliphatic rings. The number of phenolic OH excluding ortho intramolecular Hbond substituents is 1. The Balaban J connectivity index is 2.20. The van der Waals surface area contributed by atoms with E-state index in [0.29, 0.717) is 12.5 Å². The number of ether oxygens (including phenoxy) is 1. The molecule has 2 aromatic carbocycles. The van der Waals surface area contributed by atoms with Crippen LogP contribution in [-0.4, -0.2) is 5.11 Å². The van der Waals surface area contributed by atoms with E-state index < -0.39 is 0 Å². The van der Waals surface area contributed by atoms with Gasteiger partial charge in [-0.25, -0.2) is 0 Å². The molecule has 3 nitrogen and oxygen atoms in total. The summed E-state index contributed by atoms with van der Waals surface area (Å²) in [5, 5.41) is 9.27. The zero-order chi connectivity index (χ0) is 14.7. The van der Waals surface area contributed by atoms with Crippen molar-refractivity contribution in [2.45, 2.75) is 33.3 Å².